The first-order valence-electron chi connectivity index (χ1n) is 8.14. The van der Waals surface area contributed by atoms with Gasteiger partial charge in [0.25, 0.3) is 11.8 Å². The molecule has 0 heterocycles. The summed E-state index contributed by atoms with van der Waals surface area (Å²) in [4.78, 5) is 24.2. The van der Waals surface area contributed by atoms with Gasteiger partial charge in [0.15, 0.2) is 0 Å². The van der Waals surface area contributed by atoms with Gasteiger partial charge >= 0.3 is 0 Å². The van der Waals surface area contributed by atoms with Crippen molar-refractivity contribution in [2.75, 3.05) is 5.32 Å². The van der Waals surface area contributed by atoms with Gasteiger partial charge in [-0.15, -0.1) is 0 Å². The molecule has 0 unspecified atom stereocenters. The Morgan fingerprint density at radius 1 is 0.731 bits per heavy atom. The van der Waals surface area contributed by atoms with Gasteiger partial charge in [0.1, 0.15) is 5.75 Å². The maximum Gasteiger partial charge on any atom is 0.255 e. The Morgan fingerprint density at radius 3 is 2.00 bits per heavy atom. The summed E-state index contributed by atoms with van der Waals surface area (Å²) in [5.74, 6) is -0.236. The highest BCUT2D eigenvalue weighted by Gasteiger charge is 2.07. The van der Waals surface area contributed by atoms with E-state index >= 15 is 0 Å². The van der Waals surface area contributed by atoms with Crippen molar-refractivity contribution < 1.29 is 14.7 Å². The first-order chi connectivity index (χ1) is 12.6. The fraction of sp³-hybridized carbons (Fsp3) is 0.0476. The molecule has 0 aliphatic heterocycles. The Morgan fingerprint density at radius 2 is 1.35 bits per heavy atom. The molecule has 0 fully saturated rings. The van der Waals surface area contributed by atoms with E-state index in [1.165, 1.54) is 12.1 Å². The lowest BCUT2D eigenvalue weighted by Crippen LogP contribution is -2.22. The lowest BCUT2D eigenvalue weighted by Gasteiger charge is -2.08. The van der Waals surface area contributed by atoms with Gasteiger partial charge in [-0.3, -0.25) is 9.59 Å². The van der Waals surface area contributed by atoms with E-state index in [4.69, 9.17) is 0 Å². The molecule has 130 valence electrons. The molecule has 0 radical (unpaired) electrons. The molecule has 0 saturated heterocycles. The zero-order chi connectivity index (χ0) is 18.4. The monoisotopic (exact) mass is 346 g/mol. The normalized spacial score (nSPS) is 10.2. The van der Waals surface area contributed by atoms with Crippen LogP contribution in [0.5, 0.6) is 5.75 Å². The van der Waals surface area contributed by atoms with Crippen LogP contribution in [0.2, 0.25) is 0 Å². The molecule has 5 heteroatoms. The number of phenols is 1. The van der Waals surface area contributed by atoms with Crippen LogP contribution >= 0.6 is 0 Å². The molecule has 0 aromatic heterocycles. The molecule has 0 saturated carbocycles. The molecule has 3 aromatic carbocycles. The van der Waals surface area contributed by atoms with Gasteiger partial charge in [0.05, 0.1) is 0 Å². The third-order valence-corrected chi connectivity index (χ3v) is 3.83. The summed E-state index contributed by atoms with van der Waals surface area (Å²) in [7, 11) is 0. The summed E-state index contributed by atoms with van der Waals surface area (Å²) in [6, 6.07) is 22.3. The molecule has 26 heavy (non-hydrogen) atoms. The van der Waals surface area contributed by atoms with E-state index in [9.17, 15) is 14.7 Å². The predicted octanol–water partition coefficient (Wildman–Crippen LogP) is 3.57. The highest BCUT2D eigenvalue weighted by atomic mass is 16.3. The van der Waals surface area contributed by atoms with Crippen molar-refractivity contribution in [3.8, 4) is 5.75 Å². The molecule has 0 aliphatic carbocycles. The predicted molar refractivity (Wildman–Crippen MR) is 100 cm³/mol. The largest absolute Gasteiger partial charge is 0.508 e. The van der Waals surface area contributed by atoms with Gasteiger partial charge in [-0.25, -0.2) is 0 Å². The number of phenolic OH excluding ortho intramolecular Hbond substituents is 1. The number of amides is 2. The Bertz CT molecular complexity index is 889. The Kier molecular flexibility index (Phi) is 5.29. The molecule has 0 aliphatic rings. The Balaban J connectivity index is 1.57. The van der Waals surface area contributed by atoms with Gasteiger partial charge in [-0.2, -0.15) is 0 Å². The quantitative estimate of drug-likeness (QED) is 0.618. The molecule has 3 rings (SSSR count). The minimum atomic E-state index is -0.240. The van der Waals surface area contributed by atoms with Crippen LogP contribution in [-0.4, -0.2) is 16.9 Å². The topological polar surface area (TPSA) is 78.4 Å². The number of rotatable bonds is 5. The highest BCUT2D eigenvalue weighted by Crippen LogP contribution is 2.15. The summed E-state index contributed by atoms with van der Waals surface area (Å²) in [5.41, 5.74) is 2.62. The number of aromatic hydroxyl groups is 1. The van der Waals surface area contributed by atoms with Crippen molar-refractivity contribution in [2.24, 2.45) is 0 Å². The summed E-state index contributed by atoms with van der Waals surface area (Å²) < 4.78 is 0. The zero-order valence-corrected chi connectivity index (χ0v) is 14.0. The van der Waals surface area contributed by atoms with Crippen molar-refractivity contribution in [3.05, 3.63) is 95.6 Å². The Labute approximate surface area is 151 Å². The maximum absolute atomic E-state index is 12.2. The lowest BCUT2D eigenvalue weighted by molar-refractivity contribution is 0.0949. The fourth-order valence-corrected chi connectivity index (χ4v) is 2.40. The number of carbonyl (C=O) groups is 2. The smallest absolute Gasteiger partial charge is 0.255 e. The van der Waals surface area contributed by atoms with E-state index in [-0.39, 0.29) is 17.6 Å². The average Bonchev–Trinajstić information content (AvgIpc) is 2.69. The van der Waals surface area contributed by atoms with Crippen LogP contribution in [0.1, 0.15) is 26.3 Å². The van der Waals surface area contributed by atoms with Crippen LogP contribution in [0.25, 0.3) is 0 Å². The number of carbonyl (C=O) groups excluding carboxylic acids is 2. The molecule has 5 nitrogen and oxygen atoms in total. The fourth-order valence-electron chi connectivity index (χ4n) is 2.40. The molecule has 0 bridgehead atoms. The number of hydrogen-bond donors (Lipinski definition) is 3. The zero-order valence-electron chi connectivity index (χ0n) is 14.0. The van der Waals surface area contributed by atoms with E-state index in [1.54, 1.807) is 48.5 Å². The maximum atomic E-state index is 12.2. The van der Waals surface area contributed by atoms with Crippen molar-refractivity contribution in [2.45, 2.75) is 6.54 Å². The van der Waals surface area contributed by atoms with E-state index in [1.807, 2.05) is 18.2 Å². The van der Waals surface area contributed by atoms with Crippen molar-refractivity contribution >= 4 is 17.5 Å². The molecular formula is C21H18N2O3. The summed E-state index contributed by atoms with van der Waals surface area (Å²) in [6.45, 7) is 0.383. The van der Waals surface area contributed by atoms with Crippen LogP contribution in [-0.2, 0) is 6.54 Å². The van der Waals surface area contributed by atoms with Gasteiger partial charge in [-0.05, 0) is 54.1 Å². The minimum absolute atomic E-state index is 0.139. The number of nitrogens with one attached hydrogen (secondary N) is 2. The van der Waals surface area contributed by atoms with E-state index < -0.39 is 0 Å². The van der Waals surface area contributed by atoms with E-state index in [0.717, 1.165) is 5.56 Å². The molecule has 3 aromatic rings. The van der Waals surface area contributed by atoms with Crippen molar-refractivity contribution in [1.29, 1.82) is 0 Å². The summed E-state index contributed by atoms with van der Waals surface area (Å²) >= 11 is 0. The first kappa shape index (κ1) is 17.2. The lowest BCUT2D eigenvalue weighted by atomic mass is 10.1. The average molecular weight is 346 g/mol. The SMILES string of the molecule is O=C(NCc1ccc(C(=O)Nc2ccc(O)cc2)cc1)c1ccccc1. The van der Waals surface area contributed by atoms with Crippen LogP contribution in [0.15, 0.2) is 78.9 Å². The standard InChI is InChI=1S/C21H18N2O3/c24-19-12-10-18(11-13-19)23-21(26)17-8-6-15(7-9-17)14-22-20(25)16-4-2-1-3-5-16/h1-13,24H,14H2,(H,22,25)(H,23,26). The third-order valence-electron chi connectivity index (χ3n) is 3.83. The Hall–Kier alpha value is -3.60. The molecule has 3 N–H and O–H groups in total. The van der Waals surface area contributed by atoms with E-state index in [0.29, 0.717) is 23.4 Å². The second kappa shape index (κ2) is 7.98. The highest BCUT2D eigenvalue weighted by molar-refractivity contribution is 6.04. The van der Waals surface area contributed by atoms with Crippen LogP contribution in [0.3, 0.4) is 0 Å². The van der Waals surface area contributed by atoms with Crippen molar-refractivity contribution in [1.82, 2.24) is 5.32 Å². The second-order valence-electron chi connectivity index (χ2n) is 5.75. The first-order valence-corrected chi connectivity index (χ1v) is 8.14. The molecular weight excluding hydrogens is 328 g/mol. The summed E-state index contributed by atoms with van der Waals surface area (Å²) in [6.07, 6.45) is 0. The third kappa shape index (κ3) is 4.48. The second-order valence-corrected chi connectivity index (χ2v) is 5.75. The molecule has 2 amide bonds. The van der Waals surface area contributed by atoms with Crippen LogP contribution in [0, 0.1) is 0 Å². The van der Waals surface area contributed by atoms with Gasteiger partial charge in [0, 0.05) is 23.4 Å². The molecule has 0 spiro atoms. The number of anilines is 1. The molecule has 0 atom stereocenters. The van der Waals surface area contributed by atoms with E-state index in [2.05, 4.69) is 10.6 Å². The van der Waals surface area contributed by atoms with Gasteiger partial charge < -0.3 is 15.7 Å². The number of hydrogen-bond acceptors (Lipinski definition) is 3. The van der Waals surface area contributed by atoms with Crippen molar-refractivity contribution in [3.63, 3.8) is 0 Å². The van der Waals surface area contributed by atoms with Crippen LogP contribution in [0.4, 0.5) is 5.69 Å². The number of benzene rings is 3. The van der Waals surface area contributed by atoms with Gasteiger partial charge in [-0.1, -0.05) is 30.3 Å². The summed E-state index contributed by atoms with van der Waals surface area (Å²) in [5, 5.41) is 14.9. The van der Waals surface area contributed by atoms with Gasteiger partial charge in [0.2, 0.25) is 0 Å². The van der Waals surface area contributed by atoms with Crippen LogP contribution < -0.4 is 10.6 Å². The minimum Gasteiger partial charge on any atom is -0.508 e.